The zero-order valence-corrected chi connectivity index (χ0v) is 20.1. The maximum atomic E-state index is 14.3. The standard InChI is InChI=1S/C23H24ClFN2O2.C2HF3O2/c1-15-18(17-5-2-3-8-21(17)27(15)14-22(28)29)13-26-11-9-16(10-12-26)23-19(24)6-4-7-20(23)25;3-2(4,5)1(6)7/h2-8,16H,9-14H2,1H3,(H,28,29);(H,6,7). The van der Waals surface area contributed by atoms with Crippen molar-refractivity contribution in [3.8, 4) is 0 Å². The Morgan fingerprint density at radius 2 is 1.67 bits per heavy atom. The minimum absolute atomic E-state index is 0.0415. The molecule has 4 rings (SSSR count). The number of carboxylic acids is 2. The van der Waals surface area contributed by atoms with E-state index in [1.54, 1.807) is 12.1 Å². The Balaban J connectivity index is 0.000000454. The van der Waals surface area contributed by atoms with Crippen molar-refractivity contribution in [1.82, 2.24) is 9.47 Å². The monoisotopic (exact) mass is 528 g/mol. The van der Waals surface area contributed by atoms with Crippen LogP contribution in [-0.4, -0.2) is 50.9 Å². The van der Waals surface area contributed by atoms with Crippen molar-refractivity contribution in [2.45, 2.75) is 44.9 Å². The third kappa shape index (κ3) is 6.36. The van der Waals surface area contributed by atoms with Crippen LogP contribution in [0.3, 0.4) is 0 Å². The van der Waals surface area contributed by atoms with E-state index in [-0.39, 0.29) is 18.3 Å². The van der Waals surface area contributed by atoms with Gasteiger partial charge in [0.1, 0.15) is 12.4 Å². The maximum absolute atomic E-state index is 14.3. The van der Waals surface area contributed by atoms with Crippen LogP contribution in [0.15, 0.2) is 42.5 Å². The molecule has 0 bridgehead atoms. The van der Waals surface area contributed by atoms with E-state index in [4.69, 9.17) is 21.5 Å². The van der Waals surface area contributed by atoms with Gasteiger partial charge in [-0.25, -0.2) is 9.18 Å². The van der Waals surface area contributed by atoms with E-state index in [0.717, 1.165) is 49.1 Å². The first-order valence-corrected chi connectivity index (χ1v) is 11.5. The first kappa shape index (κ1) is 27.5. The molecule has 11 heteroatoms. The van der Waals surface area contributed by atoms with Crippen molar-refractivity contribution in [2.24, 2.45) is 0 Å². The smallest absolute Gasteiger partial charge is 0.480 e. The van der Waals surface area contributed by atoms with E-state index >= 15 is 0 Å². The van der Waals surface area contributed by atoms with E-state index in [9.17, 15) is 27.5 Å². The van der Waals surface area contributed by atoms with Gasteiger partial charge in [0.05, 0.1) is 0 Å². The van der Waals surface area contributed by atoms with E-state index in [1.165, 1.54) is 11.6 Å². The molecule has 1 aliphatic heterocycles. The molecule has 2 N–H and O–H groups in total. The highest BCUT2D eigenvalue weighted by atomic mass is 35.5. The lowest BCUT2D eigenvalue weighted by atomic mass is 9.89. The molecule has 1 aromatic heterocycles. The number of hydrogen-bond acceptors (Lipinski definition) is 3. The summed E-state index contributed by atoms with van der Waals surface area (Å²) < 4.78 is 47.9. The summed E-state index contributed by atoms with van der Waals surface area (Å²) in [6.45, 7) is 4.42. The van der Waals surface area contributed by atoms with Crippen molar-refractivity contribution in [2.75, 3.05) is 13.1 Å². The minimum Gasteiger partial charge on any atom is -0.480 e. The fraction of sp³-hybridized carbons (Fsp3) is 0.360. The van der Waals surface area contributed by atoms with Crippen LogP contribution in [0, 0.1) is 12.7 Å². The van der Waals surface area contributed by atoms with Gasteiger partial charge in [0.15, 0.2) is 0 Å². The molecule has 194 valence electrons. The number of aliphatic carboxylic acids is 2. The first-order valence-electron chi connectivity index (χ1n) is 11.1. The topological polar surface area (TPSA) is 82.8 Å². The molecule has 2 aromatic carbocycles. The van der Waals surface area contributed by atoms with Gasteiger partial charge in [-0.05, 0) is 62.5 Å². The molecule has 0 amide bonds. The number of hydrogen-bond donors (Lipinski definition) is 2. The largest absolute Gasteiger partial charge is 0.490 e. The lowest BCUT2D eigenvalue weighted by molar-refractivity contribution is -0.192. The van der Waals surface area contributed by atoms with Gasteiger partial charge in [-0.1, -0.05) is 35.9 Å². The predicted octanol–water partition coefficient (Wildman–Crippen LogP) is 5.84. The van der Waals surface area contributed by atoms with Crippen LogP contribution in [0.2, 0.25) is 5.02 Å². The highest BCUT2D eigenvalue weighted by Crippen LogP contribution is 2.36. The van der Waals surface area contributed by atoms with Crippen LogP contribution in [0.25, 0.3) is 10.9 Å². The van der Waals surface area contributed by atoms with Crippen molar-refractivity contribution >= 4 is 34.4 Å². The highest BCUT2D eigenvalue weighted by molar-refractivity contribution is 6.31. The second kappa shape index (κ2) is 11.3. The normalized spacial score (nSPS) is 14.9. The predicted molar refractivity (Wildman–Crippen MR) is 127 cm³/mol. The summed E-state index contributed by atoms with van der Waals surface area (Å²) in [7, 11) is 0. The summed E-state index contributed by atoms with van der Waals surface area (Å²) in [5, 5.41) is 18.0. The van der Waals surface area contributed by atoms with Crippen LogP contribution in [-0.2, 0) is 22.7 Å². The zero-order valence-electron chi connectivity index (χ0n) is 19.4. The van der Waals surface area contributed by atoms with Gasteiger partial charge in [-0.2, -0.15) is 13.2 Å². The van der Waals surface area contributed by atoms with Gasteiger partial charge >= 0.3 is 18.1 Å². The summed E-state index contributed by atoms with van der Waals surface area (Å²) in [6, 6.07) is 12.8. The number of alkyl halides is 3. The summed E-state index contributed by atoms with van der Waals surface area (Å²) in [5.74, 6) is -3.69. The van der Waals surface area contributed by atoms with E-state index in [1.807, 2.05) is 29.7 Å². The molecule has 0 atom stereocenters. The molecule has 1 fully saturated rings. The number of rotatable bonds is 5. The van der Waals surface area contributed by atoms with Gasteiger partial charge in [0, 0.05) is 33.7 Å². The number of aromatic nitrogens is 1. The Bertz CT molecular complexity index is 1230. The molecule has 2 heterocycles. The quantitative estimate of drug-likeness (QED) is 0.407. The molecule has 0 aliphatic carbocycles. The van der Waals surface area contributed by atoms with Crippen LogP contribution < -0.4 is 0 Å². The van der Waals surface area contributed by atoms with Gasteiger partial charge in [0.2, 0.25) is 0 Å². The third-order valence-corrected chi connectivity index (χ3v) is 6.60. The lowest BCUT2D eigenvalue weighted by Gasteiger charge is -2.32. The van der Waals surface area contributed by atoms with Gasteiger partial charge in [-0.15, -0.1) is 0 Å². The summed E-state index contributed by atoms with van der Waals surface area (Å²) in [5.41, 5.74) is 3.76. The number of likely N-dealkylation sites (tertiary alicyclic amines) is 1. The van der Waals surface area contributed by atoms with Crippen LogP contribution in [0.4, 0.5) is 17.6 Å². The van der Waals surface area contributed by atoms with Gasteiger partial charge in [-0.3, -0.25) is 9.69 Å². The van der Waals surface area contributed by atoms with E-state index in [0.29, 0.717) is 10.6 Å². The molecular formula is C25H25ClF4N2O4. The van der Waals surface area contributed by atoms with Crippen LogP contribution in [0.5, 0.6) is 0 Å². The second-order valence-corrected chi connectivity index (χ2v) is 8.96. The summed E-state index contributed by atoms with van der Waals surface area (Å²) in [6.07, 6.45) is -3.37. The van der Waals surface area contributed by atoms with E-state index < -0.39 is 18.1 Å². The molecule has 3 aromatic rings. The molecular weight excluding hydrogens is 504 g/mol. The Labute approximate surface area is 209 Å². The fourth-order valence-corrected chi connectivity index (χ4v) is 4.86. The molecule has 0 radical (unpaired) electrons. The molecule has 1 aliphatic rings. The number of nitrogens with zero attached hydrogens (tertiary/aromatic N) is 2. The van der Waals surface area contributed by atoms with Crippen molar-refractivity contribution in [1.29, 1.82) is 0 Å². The SMILES string of the molecule is Cc1c(CN2CCC(c3c(F)cccc3Cl)CC2)c2ccccc2n1CC(=O)O.O=C(O)C(F)(F)F. The number of fused-ring (bicyclic) bond motifs is 1. The average Bonchev–Trinajstić information content (AvgIpc) is 3.05. The first-order chi connectivity index (χ1) is 16.9. The molecule has 1 saturated heterocycles. The van der Waals surface area contributed by atoms with Crippen molar-refractivity contribution in [3.63, 3.8) is 0 Å². The number of carbonyl (C=O) groups is 2. The van der Waals surface area contributed by atoms with Crippen molar-refractivity contribution in [3.05, 3.63) is 70.1 Å². The van der Waals surface area contributed by atoms with Crippen molar-refractivity contribution < 1.29 is 37.4 Å². The zero-order chi connectivity index (χ0) is 26.6. The van der Waals surface area contributed by atoms with E-state index in [2.05, 4.69) is 11.0 Å². The maximum Gasteiger partial charge on any atom is 0.490 e. The Morgan fingerprint density at radius 3 is 2.22 bits per heavy atom. The Kier molecular flexibility index (Phi) is 8.63. The number of piperidine rings is 1. The number of carboxylic acid groups (broad SMARTS) is 2. The number of benzene rings is 2. The third-order valence-electron chi connectivity index (χ3n) is 6.27. The molecule has 0 unspecified atom stereocenters. The minimum atomic E-state index is -5.08. The highest BCUT2D eigenvalue weighted by Gasteiger charge is 2.38. The molecule has 0 saturated carbocycles. The Hall–Kier alpha value is -3.11. The molecule has 36 heavy (non-hydrogen) atoms. The van der Waals surface area contributed by atoms with Gasteiger partial charge < -0.3 is 14.8 Å². The van der Waals surface area contributed by atoms with Crippen LogP contribution >= 0.6 is 11.6 Å². The lowest BCUT2D eigenvalue weighted by Crippen LogP contribution is -2.33. The number of halogens is 5. The van der Waals surface area contributed by atoms with Crippen LogP contribution in [0.1, 0.15) is 35.6 Å². The summed E-state index contributed by atoms with van der Waals surface area (Å²) >= 11 is 6.26. The average molecular weight is 529 g/mol. The van der Waals surface area contributed by atoms with Gasteiger partial charge in [0.25, 0.3) is 0 Å². The fourth-order valence-electron chi connectivity index (χ4n) is 4.55. The number of para-hydroxylation sites is 1. The molecule has 0 spiro atoms. The molecule has 6 nitrogen and oxygen atoms in total. The second-order valence-electron chi connectivity index (χ2n) is 8.55. The Morgan fingerprint density at radius 1 is 1.06 bits per heavy atom. The summed E-state index contributed by atoms with van der Waals surface area (Å²) in [4.78, 5) is 22.6.